The van der Waals surface area contributed by atoms with Gasteiger partial charge in [0.2, 0.25) is 0 Å². The topological polar surface area (TPSA) is 163 Å². The molecule has 9 nitrogen and oxygen atoms in total. The highest BCUT2D eigenvalue weighted by Gasteiger charge is 2.33. The first-order valence-electron chi connectivity index (χ1n) is 6.64. The first-order valence-corrected chi connectivity index (χ1v) is 7.43. The van der Waals surface area contributed by atoms with Crippen LogP contribution in [-0.2, 0) is 0 Å². The zero-order valence-electron chi connectivity index (χ0n) is 12.7. The number of carboxylic acids is 2. The number of nitrogens with two attached hydrogens (primary N) is 1. The molecule has 0 bridgehead atoms. The summed E-state index contributed by atoms with van der Waals surface area (Å²) in [5, 5.41) is 28.7. The van der Waals surface area contributed by atoms with Crippen molar-refractivity contribution in [3.05, 3.63) is 38.1 Å². The largest absolute Gasteiger partial charge is 0.573 e. The minimum Gasteiger partial charge on any atom is -0.506 e. The number of alkyl halides is 3. The van der Waals surface area contributed by atoms with Crippen molar-refractivity contribution in [2.24, 2.45) is 0 Å². The van der Waals surface area contributed by atoms with Crippen molar-refractivity contribution in [2.75, 3.05) is 5.73 Å². The SMILES string of the molecule is Nc1[nH]c(=O)c(C(=O)O)c(-c2cc(OC(F)(F)F)cc(Br)c2O)c1C(=O)O. The Morgan fingerprint density at radius 1 is 1.15 bits per heavy atom. The molecule has 2 aromatic rings. The van der Waals surface area contributed by atoms with E-state index in [1.807, 2.05) is 4.98 Å². The van der Waals surface area contributed by atoms with Crippen LogP contribution in [0, 0.1) is 0 Å². The number of hydrogen-bond acceptors (Lipinski definition) is 6. The Morgan fingerprint density at radius 2 is 1.70 bits per heavy atom. The maximum Gasteiger partial charge on any atom is 0.573 e. The summed E-state index contributed by atoms with van der Waals surface area (Å²) in [6.07, 6.45) is -5.13. The molecule has 0 fully saturated rings. The lowest BCUT2D eigenvalue weighted by Crippen LogP contribution is -2.24. The summed E-state index contributed by atoms with van der Waals surface area (Å²) in [5.74, 6) is -6.19. The van der Waals surface area contributed by atoms with Crippen LogP contribution in [0.2, 0.25) is 0 Å². The molecule has 0 saturated heterocycles. The molecule has 0 radical (unpaired) electrons. The summed E-state index contributed by atoms with van der Waals surface area (Å²) in [6.45, 7) is 0. The van der Waals surface area contributed by atoms with Crippen LogP contribution in [0.25, 0.3) is 11.1 Å². The summed E-state index contributed by atoms with van der Waals surface area (Å²) < 4.78 is 40.8. The lowest BCUT2D eigenvalue weighted by molar-refractivity contribution is -0.274. The fraction of sp³-hybridized carbons (Fsp3) is 0.0714. The number of aromatic nitrogens is 1. The minimum atomic E-state index is -5.13. The average Bonchev–Trinajstić information content (AvgIpc) is 2.47. The number of ether oxygens (including phenoxy) is 1. The second kappa shape index (κ2) is 6.83. The fourth-order valence-electron chi connectivity index (χ4n) is 2.27. The molecular weight excluding hydrogens is 445 g/mol. The number of anilines is 1. The fourth-order valence-corrected chi connectivity index (χ4v) is 2.71. The number of H-pyrrole nitrogens is 1. The highest BCUT2D eigenvalue weighted by atomic mass is 79.9. The number of aromatic amines is 1. The van der Waals surface area contributed by atoms with E-state index in [9.17, 15) is 42.9 Å². The molecule has 144 valence electrons. The smallest absolute Gasteiger partial charge is 0.506 e. The molecule has 1 heterocycles. The van der Waals surface area contributed by atoms with Gasteiger partial charge in [0.05, 0.1) is 4.47 Å². The van der Waals surface area contributed by atoms with Crippen molar-refractivity contribution in [1.82, 2.24) is 4.98 Å². The van der Waals surface area contributed by atoms with E-state index >= 15 is 0 Å². The number of halogens is 4. The third-order valence-electron chi connectivity index (χ3n) is 3.21. The van der Waals surface area contributed by atoms with Crippen LogP contribution in [0.4, 0.5) is 19.0 Å². The lowest BCUT2D eigenvalue weighted by atomic mass is 9.94. The van der Waals surface area contributed by atoms with Crippen LogP contribution in [-0.4, -0.2) is 38.6 Å². The molecule has 1 aromatic carbocycles. The van der Waals surface area contributed by atoms with Crippen LogP contribution in [0.5, 0.6) is 11.5 Å². The van der Waals surface area contributed by atoms with E-state index in [0.29, 0.717) is 12.1 Å². The Balaban J connectivity index is 2.99. The van der Waals surface area contributed by atoms with Gasteiger partial charge in [-0.2, -0.15) is 0 Å². The van der Waals surface area contributed by atoms with Crippen molar-refractivity contribution >= 4 is 33.7 Å². The summed E-state index contributed by atoms with van der Waals surface area (Å²) in [4.78, 5) is 36.7. The molecule has 2 rings (SSSR count). The second-order valence-corrected chi connectivity index (χ2v) is 5.81. The summed E-state index contributed by atoms with van der Waals surface area (Å²) in [5.41, 5.74) is 0.412. The number of hydrogen-bond donors (Lipinski definition) is 5. The molecule has 0 unspecified atom stereocenters. The molecule has 0 atom stereocenters. The number of benzene rings is 1. The zero-order chi connectivity index (χ0) is 20.7. The Morgan fingerprint density at radius 3 is 2.19 bits per heavy atom. The minimum absolute atomic E-state index is 0.384. The number of pyridine rings is 1. The highest BCUT2D eigenvalue weighted by molar-refractivity contribution is 9.10. The van der Waals surface area contributed by atoms with E-state index in [1.54, 1.807) is 0 Å². The van der Waals surface area contributed by atoms with Gasteiger partial charge >= 0.3 is 18.3 Å². The molecule has 0 saturated carbocycles. The molecule has 0 aliphatic rings. The lowest BCUT2D eigenvalue weighted by Gasteiger charge is -2.16. The van der Waals surface area contributed by atoms with E-state index in [4.69, 9.17) is 5.73 Å². The van der Waals surface area contributed by atoms with Gasteiger partial charge in [0.15, 0.2) is 0 Å². The molecular formula is C14H8BrF3N2O7. The molecule has 0 spiro atoms. The van der Waals surface area contributed by atoms with Crippen LogP contribution >= 0.6 is 15.9 Å². The Bertz CT molecular complexity index is 1020. The third kappa shape index (κ3) is 3.97. The second-order valence-electron chi connectivity index (χ2n) is 4.95. The van der Waals surface area contributed by atoms with Gasteiger partial charge < -0.3 is 30.8 Å². The third-order valence-corrected chi connectivity index (χ3v) is 3.82. The Kier molecular flexibility index (Phi) is 5.08. The standard InChI is InChI=1S/C14H8BrF3N2O7/c15-5-2-3(27-14(16,17)18)1-4(9(5)21)6-7(12(23)24)10(19)20-11(22)8(6)13(25)26/h1-2,21H,(H,23,24)(H,25,26)(H3,19,20,22). The number of rotatable bonds is 4. The van der Waals surface area contributed by atoms with Crippen molar-refractivity contribution < 1.29 is 42.8 Å². The average molecular weight is 453 g/mol. The Hall–Kier alpha value is -3.22. The number of aromatic hydroxyl groups is 1. The molecule has 0 aliphatic carbocycles. The van der Waals surface area contributed by atoms with Gasteiger partial charge in [-0.25, -0.2) is 9.59 Å². The van der Waals surface area contributed by atoms with Gasteiger partial charge in [-0.15, -0.1) is 13.2 Å². The van der Waals surface area contributed by atoms with Crippen molar-refractivity contribution in [2.45, 2.75) is 6.36 Å². The van der Waals surface area contributed by atoms with Crippen LogP contribution in [0.15, 0.2) is 21.4 Å². The van der Waals surface area contributed by atoms with E-state index < -0.39 is 63.4 Å². The monoisotopic (exact) mass is 452 g/mol. The normalized spacial score (nSPS) is 11.3. The van der Waals surface area contributed by atoms with Gasteiger partial charge in [0.25, 0.3) is 5.56 Å². The van der Waals surface area contributed by atoms with Gasteiger partial charge in [0.1, 0.15) is 28.4 Å². The van der Waals surface area contributed by atoms with Gasteiger partial charge in [-0.1, -0.05) is 0 Å². The highest BCUT2D eigenvalue weighted by Crippen LogP contribution is 2.43. The zero-order valence-corrected chi connectivity index (χ0v) is 14.3. The molecule has 0 amide bonds. The van der Waals surface area contributed by atoms with Gasteiger partial charge in [-0.05, 0) is 28.1 Å². The molecule has 6 N–H and O–H groups in total. The van der Waals surface area contributed by atoms with E-state index in [-0.39, 0.29) is 4.47 Å². The number of carbonyl (C=O) groups is 2. The predicted octanol–water partition coefficient (Wildman–Crippen LogP) is 2.39. The number of aromatic carboxylic acids is 2. The van der Waals surface area contributed by atoms with Crippen molar-refractivity contribution in [3.8, 4) is 22.6 Å². The Labute approximate surface area is 154 Å². The predicted molar refractivity (Wildman–Crippen MR) is 86.9 cm³/mol. The first kappa shape index (κ1) is 20.1. The molecule has 1 aromatic heterocycles. The van der Waals surface area contributed by atoms with Crippen molar-refractivity contribution in [3.63, 3.8) is 0 Å². The summed E-state index contributed by atoms with van der Waals surface area (Å²) in [7, 11) is 0. The van der Waals surface area contributed by atoms with Crippen LogP contribution in [0.1, 0.15) is 20.7 Å². The van der Waals surface area contributed by atoms with Crippen LogP contribution in [0.3, 0.4) is 0 Å². The molecule has 27 heavy (non-hydrogen) atoms. The van der Waals surface area contributed by atoms with Crippen LogP contribution < -0.4 is 16.0 Å². The number of carboxylic acid groups (broad SMARTS) is 2. The van der Waals surface area contributed by atoms with Gasteiger partial charge in [0, 0.05) is 11.1 Å². The number of nitrogens with one attached hydrogen (secondary N) is 1. The molecule has 13 heteroatoms. The number of nitrogen functional groups attached to an aromatic ring is 1. The summed E-state index contributed by atoms with van der Waals surface area (Å²) >= 11 is 2.75. The van der Waals surface area contributed by atoms with Crippen molar-refractivity contribution in [1.29, 1.82) is 0 Å². The van der Waals surface area contributed by atoms with E-state index in [1.165, 1.54) is 0 Å². The van der Waals surface area contributed by atoms with E-state index in [0.717, 1.165) is 0 Å². The maximum absolute atomic E-state index is 12.5. The first-order chi connectivity index (χ1) is 12.3. The van der Waals surface area contributed by atoms with E-state index in [2.05, 4.69) is 20.7 Å². The number of phenolic OH excluding ortho intramolecular Hbond substituents is 1. The maximum atomic E-state index is 12.5. The quantitative estimate of drug-likeness (QED) is 0.471. The number of phenols is 1. The summed E-state index contributed by atoms with van der Waals surface area (Å²) in [6, 6.07) is 1.24. The molecule has 0 aliphatic heterocycles. The van der Waals surface area contributed by atoms with Gasteiger partial charge in [-0.3, -0.25) is 4.79 Å².